The first-order chi connectivity index (χ1) is 15.2. The number of rotatable bonds is 15. The first-order valence-electron chi connectivity index (χ1n) is 9.78. The molecule has 3 atom stereocenters. The maximum Gasteiger partial charge on any atom is 0.322 e. The van der Waals surface area contributed by atoms with Crippen molar-refractivity contribution in [2.75, 3.05) is 26.0 Å². The van der Waals surface area contributed by atoms with Gasteiger partial charge in [0.05, 0.1) is 13.7 Å². The van der Waals surface area contributed by atoms with Gasteiger partial charge in [0.1, 0.15) is 24.4 Å². The van der Waals surface area contributed by atoms with Crippen molar-refractivity contribution in [3.05, 3.63) is 29.8 Å². The average Bonchev–Trinajstić information content (AvgIpc) is 2.77. The molecular formula is C20H29N3O8S. The lowest BCUT2D eigenvalue weighted by Crippen LogP contribution is -2.49. The SMILES string of the molecule is COc1ccc(CC(CO)SCC(NC(=O)CCC(N)C(=O)O)C(=O)NCC(=O)O)cc1. The summed E-state index contributed by atoms with van der Waals surface area (Å²) in [6.07, 6.45) is 0.167. The van der Waals surface area contributed by atoms with E-state index in [1.165, 1.54) is 11.8 Å². The fourth-order valence-electron chi connectivity index (χ4n) is 2.58. The molecule has 0 heterocycles. The number of nitrogens with one attached hydrogen (secondary N) is 2. The summed E-state index contributed by atoms with van der Waals surface area (Å²) in [5.41, 5.74) is 6.32. The topological polar surface area (TPSA) is 188 Å². The number of carboxylic acids is 2. The molecule has 2 amide bonds. The maximum absolute atomic E-state index is 12.4. The number of thioether (sulfide) groups is 1. The number of amides is 2. The molecule has 0 fully saturated rings. The van der Waals surface area contributed by atoms with Crippen LogP contribution in [-0.4, -0.2) is 82.4 Å². The molecule has 32 heavy (non-hydrogen) atoms. The second-order valence-electron chi connectivity index (χ2n) is 6.91. The Kier molecular flexibility index (Phi) is 12.1. The summed E-state index contributed by atoms with van der Waals surface area (Å²) in [5, 5.41) is 31.7. The van der Waals surface area contributed by atoms with Crippen LogP contribution in [0.5, 0.6) is 5.75 Å². The van der Waals surface area contributed by atoms with Gasteiger partial charge >= 0.3 is 11.9 Å². The highest BCUT2D eigenvalue weighted by Crippen LogP contribution is 2.19. The Morgan fingerprint density at radius 3 is 2.34 bits per heavy atom. The van der Waals surface area contributed by atoms with E-state index in [0.29, 0.717) is 12.2 Å². The van der Waals surface area contributed by atoms with E-state index in [0.717, 1.165) is 5.56 Å². The van der Waals surface area contributed by atoms with Crippen LogP contribution >= 0.6 is 11.8 Å². The van der Waals surface area contributed by atoms with Crippen molar-refractivity contribution in [2.24, 2.45) is 5.73 Å². The zero-order valence-corrected chi connectivity index (χ0v) is 18.5. The normalized spacial score (nSPS) is 13.5. The fraction of sp³-hybridized carbons (Fsp3) is 0.500. The van der Waals surface area contributed by atoms with Crippen LogP contribution in [0.2, 0.25) is 0 Å². The van der Waals surface area contributed by atoms with Gasteiger partial charge in [0, 0.05) is 17.4 Å². The summed E-state index contributed by atoms with van der Waals surface area (Å²) in [6, 6.07) is 5.01. The molecular weight excluding hydrogens is 442 g/mol. The summed E-state index contributed by atoms with van der Waals surface area (Å²) in [6.45, 7) is -0.795. The zero-order chi connectivity index (χ0) is 24.1. The van der Waals surface area contributed by atoms with E-state index in [-0.39, 0.29) is 30.5 Å². The molecule has 1 rings (SSSR count). The van der Waals surface area contributed by atoms with Gasteiger partial charge in [-0.1, -0.05) is 12.1 Å². The molecule has 0 saturated carbocycles. The van der Waals surface area contributed by atoms with E-state index in [4.69, 9.17) is 20.7 Å². The number of ether oxygens (including phenoxy) is 1. The van der Waals surface area contributed by atoms with Crippen LogP contribution in [-0.2, 0) is 25.6 Å². The lowest BCUT2D eigenvalue weighted by atomic mass is 10.1. The second kappa shape index (κ2) is 14.3. The molecule has 11 nitrogen and oxygen atoms in total. The Morgan fingerprint density at radius 2 is 1.81 bits per heavy atom. The van der Waals surface area contributed by atoms with Gasteiger partial charge in [0.15, 0.2) is 0 Å². The number of nitrogens with two attached hydrogens (primary N) is 1. The highest BCUT2D eigenvalue weighted by atomic mass is 32.2. The zero-order valence-electron chi connectivity index (χ0n) is 17.7. The largest absolute Gasteiger partial charge is 0.497 e. The number of aliphatic carboxylic acids is 2. The molecule has 0 aromatic heterocycles. The fourth-order valence-corrected chi connectivity index (χ4v) is 3.69. The maximum atomic E-state index is 12.4. The van der Waals surface area contributed by atoms with E-state index < -0.39 is 42.4 Å². The van der Waals surface area contributed by atoms with Crippen molar-refractivity contribution in [1.82, 2.24) is 10.6 Å². The summed E-state index contributed by atoms with van der Waals surface area (Å²) in [5.74, 6) is -3.00. The molecule has 178 valence electrons. The first kappa shape index (κ1) is 27.2. The van der Waals surface area contributed by atoms with Crippen molar-refractivity contribution in [2.45, 2.75) is 36.6 Å². The van der Waals surface area contributed by atoms with Crippen molar-refractivity contribution >= 4 is 35.5 Å². The lowest BCUT2D eigenvalue weighted by molar-refractivity contribution is -0.139. The van der Waals surface area contributed by atoms with Crippen LogP contribution in [0, 0.1) is 0 Å². The molecule has 1 aromatic rings. The van der Waals surface area contributed by atoms with Crippen molar-refractivity contribution in [1.29, 1.82) is 0 Å². The molecule has 1 aromatic carbocycles. The van der Waals surface area contributed by atoms with Crippen LogP contribution in [0.3, 0.4) is 0 Å². The number of carbonyl (C=O) groups excluding carboxylic acids is 2. The molecule has 0 aliphatic rings. The number of hydrogen-bond acceptors (Lipinski definition) is 8. The Morgan fingerprint density at radius 1 is 1.16 bits per heavy atom. The number of methoxy groups -OCH3 is 1. The third kappa shape index (κ3) is 10.5. The molecule has 0 aliphatic carbocycles. The van der Waals surface area contributed by atoms with Crippen LogP contribution in [0.15, 0.2) is 24.3 Å². The minimum Gasteiger partial charge on any atom is -0.497 e. The van der Waals surface area contributed by atoms with Gasteiger partial charge in [-0.2, -0.15) is 11.8 Å². The van der Waals surface area contributed by atoms with Gasteiger partial charge in [-0.3, -0.25) is 19.2 Å². The van der Waals surface area contributed by atoms with E-state index in [9.17, 15) is 24.3 Å². The molecule has 0 aliphatic heterocycles. The number of aliphatic hydroxyl groups excluding tert-OH is 1. The predicted octanol–water partition coefficient (Wildman–Crippen LogP) is -0.790. The highest BCUT2D eigenvalue weighted by Gasteiger charge is 2.24. The number of benzene rings is 1. The molecule has 0 radical (unpaired) electrons. The summed E-state index contributed by atoms with van der Waals surface area (Å²) in [4.78, 5) is 46.0. The molecule has 7 N–H and O–H groups in total. The van der Waals surface area contributed by atoms with Crippen LogP contribution in [0.1, 0.15) is 18.4 Å². The molecule has 0 saturated heterocycles. The lowest BCUT2D eigenvalue weighted by Gasteiger charge is -2.21. The Bertz CT molecular complexity index is 775. The van der Waals surface area contributed by atoms with Crippen LogP contribution in [0.25, 0.3) is 0 Å². The summed E-state index contributed by atoms with van der Waals surface area (Å²) >= 11 is 1.25. The second-order valence-corrected chi connectivity index (χ2v) is 8.24. The van der Waals surface area contributed by atoms with E-state index in [1.54, 1.807) is 19.2 Å². The molecule has 3 unspecified atom stereocenters. The standard InChI is InChI=1S/C20H29N3O8S/c1-31-13-4-2-12(3-5-13)8-14(10-24)32-11-16(19(28)22-9-18(26)27)23-17(25)7-6-15(21)20(29)30/h2-5,14-16,24H,6-11,21H2,1H3,(H,22,28)(H,23,25)(H,26,27)(H,29,30). The average molecular weight is 472 g/mol. The monoisotopic (exact) mass is 471 g/mol. The third-order valence-electron chi connectivity index (χ3n) is 4.39. The smallest absolute Gasteiger partial charge is 0.322 e. The van der Waals surface area contributed by atoms with Crippen molar-refractivity contribution in [3.63, 3.8) is 0 Å². The summed E-state index contributed by atoms with van der Waals surface area (Å²) < 4.78 is 5.11. The third-order valence-corrected chi connectivity index (χ3v) is 5.70. The van der Waals surface area contributed by atoms with Crippen LogP contribution in [0.4, 0.5) is 0 Å². The molecule has 0 bridgehead atoms. The van der Waals surface area contributed by atoms with Gasteiger partial charge in [0.25, 0.3) is 0 Å². The van der Waals surface area contributed by atoms with Gasteiger partial charge in [-0.25, -0.2) is 0 Å². The minimum atomic E-state index is -1.24. The van der Waals surface area contributed by atoms with Crippen molar-refractivity contribution in [3.8, 4) is 5.75 Å². The number of hydrogen-bond donors (Lipinski definition) is 6. The molecule has 12 heteroatoms. The predicted molar refractivity (Wildman–Crippen MR) is 117 cm³/mol. The van der Waals surface area contributed by atoms with Gasteiger partial charge in [-0.05, 0) is 30.5 Å². The van der Waals surface area contributed by atoms with E-state index in [2.05, 4.69) is 10.6 Å². The first-order valence-corrected chi connectivity index (χ1v) is 10.8. The molecule has 0 spiro atoms. The highest BCUT2D eigenvalue weighted by molar-refractivity contribution is 8.00. The number of carboxylic acid groups (broad SMARTS) is 2. The Labute approximate surface area is 189 Å². The van der Waals surface area contributed by atoms with Crippen molar-refractivity contribution < 1.29 is 39.2 Å². The van der Waals surface area contributed by atoms with E-state index in [1.807, 2.05) is 12.1 Å². The Hall–Kier alpha value is -2.83. The minimum absolute atomic E-state index is 0.0730. The Balaban J connectivity index is 2.72. The summed E-state index contributed by atoms with van der Waals surface area (Å²) in [7, 11) is 1.56. The van der Waals surface area contributed by atoms with Gasteiger partial charge < -0.3 is 36.4 Å². The van der Waals surface area contributed by atoms with Gasteiger partial charge in [-0.15, -0.1) is 0 Å². The van der Waals surface area contributed by atoms with E-state index >= 15 is 0 Å². The number of carbonyl (C=O) groups is 4. The quantitative estimate of drug-likeness (QED) is 0.189. The van der Waals surface area contributed by atoms with Crippen LogP contribution < -0.4 is 21.1 Å². The van der Waals surface area contributed by atoms with Gasteiger partial charge in [0.2, 0.25) is 11.8 Å². The number of aliphatic hydroxyl groups is 1.